The molecule has 19 heavy (non-hydrogen) atoms. The second-order valence-corrected chi connectivity index (χ2v) is 4.24. The number of rotatable bonds is 4. The molecule has 6 heteroatoms. The molecule has 0 amide bonds. The van der Waals surface area contributed by atoms with Gasteiger partial charge in [-0.2, -0.15) is 5.10 Å². The van der Waals surface area contributed by atoms with Crippen molar-refractivity contribution >= 4 is 17.6 Å². The van der Waals surface area contributed by atoms with Gasteiger partial charge >= 0.3 is 5.97 Å². The molecule has 0 spiro atoms. The fourth-order valence-corrected chi connectivity index (χ4v) is 2.12. The molecule has 2 aromatic rings. The second-order valence-electron chi connectivity index (χ2n) is 3.88. The Labute approximate surface area is 115 Å². The van der Waals surface area contributed by atoms with E-state index in [0.29, 0.717) is 23.6 Å². The third-order valence-electron chi connectivity index (χ3n) is 2.77. The highest BCUT2D eigenvalue weighted by molar-refractivity contribution is 6.32. The molecule has 1 N–H and O–H groups in total. The lowest BCUT2D eigenvalue weighted by molar-refractivity contribution is 0.0696. The van der Waals surface area contributed by atoms with E-state index in [-0.39, 0.29) is 10.7 Å². The second kappa shape index (κ2) is 5.32. The van der Waals surface area contributed by atoms with E-state index in [4.69, 9.17) is 21.4 Å². The number of halogens is 1. The molecule has 0 saturated heterocycles. The SMILES string of the molecule is CCc1nn(-c2ccc(OC)cc2)c(Cl)c1C(=O)O. The fourth-order valence-electron chi connectivity index (χ4n) is 1.79. The zero-order valence-electron chi connectivity index (χ0n) is 10.6. The number of carbonyl (C=O) groups is 1. The van der Waals surface area contributed by atoms with Crippen LogP contribution in [0.4, 0.5) is 0 Å². The van der Waals surface area contributed by atoms with Crippen molar-refractivity contribution in [1.82, 2.24) is 9.78 Å². The standard InChI is InChI=1S/C13H13ClN2O3/c1-3-10-11(13(17)18)12(14)16(15-10)8-4-6-9(19-2)7-5-8/h4-7H,3H2,1-2H3,(H,17,18). The van der Waals surface area contributed by atoms with Crippen LogP contribution in [0.3, 0.4) is 0 Å². The Kier molecular flexibility index (Phi) is 3.76. The predicted octanol–water partition coefficient (Wildman–Crippen LogP) is 2.79. The molecule has 0 atom stereocenters. The molecule has 0 aliphatic rings. The number of aryl methyl sites for hydroxylation is 1. The van der Waals surface area contributed by atoms with Gasteiger partial charge in [-0.1, -0.05) is 18.5 Å². The van der Waals surface area contributed by atoms with E-state index in [1.807, 2.05) is 6.92 Å². The van der Waals surface area contributed by atoms with Crippen molar-refractivity contribution in [2.45, 2.75) is 13.3 Å². The van der Waals surface area contributed by atoms with Crippen molar-refractivity contribution < 1.29 is 14.6 Å². The Morgan fingerprint density at radius 3 is 2.47 bits per heavy atom. The van der Waals surface area contributed by atoms with Crippen molar-refractivity contribution in [3.63, 3.8) is 0 Å². The van der Waals surface area contributed by atoms with Crippen molar-refractivity contribution in [2.24, 2.45) is 0 Å². The topological polar surface area (TPSA) is 64.4 Å². The van der Waals surface area contributed by atoms with Gasteiger partial charge in [-0.3, -0.25) is 0 Å². The van der Waals surface area contributed by atoms with Crippen LogP contribution in [0.1, 0.15) is 23.0 Å². The van der Waals surface area contributed by atoms with Crippen LogP contribution in [0, 0.1) is 0 Å². The molecule has 0 saturated carbocycles. The van der Waals surface area contributed by atoms with Crippen LogP contribution in [0.15, 0.2) is 24.3 Å². The van der Waals surface area contributed by atoms with Gasteiger partial charge < -0.3 is 9.84 Å². The fraction of sp³-hybridized carbons (Fsp3) is 0.231. The Morgan fingerprint density at radius 2 is 2.05 bits per heavy atom. The lowest BCUT2D eigenvalue weighted by Crippen LogP contribution is -2.00. The quantitative estimate of drug-likeness (QED) is 0.935. The lowest BCUT2D eigenvalue weighted by atomic mass is 10.2. The molecular formula is C13H13ClN2O3. The highest BCUT2D eigenvalue weighted by Gasteiger charge is 2.21. The maximum Gasteiger partial charge on any atom is 0.340 e. The third-order valence-corrected chi connectivity index (χ3v) is 3.12. The van der Waals surface area contributed by atoms with E-state index in [2.05, 4.69) is 5.10 Å². The molecule has 0 fully saturated rings. The number of nitrogens with zero attached hydrogens (tertiary/aromatic N) is 2. The summed E-state index contributed by atoms with van der Waals surface area (Å²) in [6, 6.07) is 7.06. The normalized spacial score (nSPS) is 10.5. The van der Waals surface area contributed by atoms with E-state index in [0.717, 1.165) is 0 Å². The molecule has 2 rings (SSSR count). The highest BCUT2D eigenvalue weighted by Crippen LogP contribution is 2.25. The zero-order chi connectivity index (χ0) is 14.0. The number of carboxylic acids is 1. The molecule has 1 aromatic carbocycles. The minimum Gasteiger partial charge on any atom is -0.497 e. The number of aromatic carboxylic acids is 1. The smallest absolute Gasteiger partial charge is 0.340 e. The summed E-state index contributed by atoms with van der Waals surface area (Å²) in [6.45, 7) is 1.84. The average Bonchev–Trinajstić information content (AvgIpc) is 2.76. The summed E-state index contributed by atoms with van der Waals surface area (Å²) in [5.41, 5.74) is 1.21. The van der Waals surface area contributed by atoms with Gasteiger partial charge in [-0.15, -0.1) is 0 Å². The number of hydrogen-bond donors (Lipinski definition) is 1. The van der Waals surface area contributed by atoms with Crippen LogP contribution in [0.2, 0.25) is 5.15 Å². The van der Waals surface area contributed by atoms with Crippen molar-refractivity contribution in [3.05, 3.63) is 40.7 Å². The highest BCUT2D eigenvalue weighted by atomic mass is 35.5. The van der Waals surface area contributed by atoms with Gasteiger partial charge in [-0.25, -0.2) is 9.48 Å². The van der Waals surface area contributed by atoms with E-state index < -0.39 is 5.97 Å². The molecule has 0 unspecified atom stereocenters. The van der Waals surface area contributed by atoms with Crippen LogP contribution >= 0.6 is 11.6 Å². The number of benzene rings is 1. The molecule has 0 radical (unpaired) electrons. The Balaban J connectivity index is 2.52. The van der Waals surface area contributed by atoms with Gasteiger partial charge in [0.25, 0.3) is 0 Å². The maximum atomic E-state index is 11.2. The first-order valence-corrected chi connectivity index (χ1v) is 6.11. The molecular weight excluding hydrogens is 268 g/mol. The van der Waals surface area contributed by atoms with Crippen LogP contribution in [-0.4, -0.2) is 28.0 Å². The van der Waals surface area contributed by atoms with E-state index in [1.165, 1.54) is 4.68 Å². The minimum atomic E-state index is -1.07. The first-order chi connectivity index (χ1) is 9.08. The average molecular weight is 281 g/mol. The van der Waals surface area contributed by atoms with Crippen LogP contribution in [-0.2, 0) is 6.42 Å². The molecule has 0 aliphatic carbocycles. The minimum absolute atomic E-state index is 0.0555. The molecule has 5 nitrogen and oxygen atoms in total. The summed E-state index contributed by atoms with van der Waals surface area (Å²) < 4.78 is 6.49. The third kappa shape index (κ3) is 2.42. The Bertz CT molecular complexity index is 605. The summed E-state index contributed by atoms with van der Waals surface area (Å²) in [7, 11) is 1.58. The van der Waals surface area contributed by atoms with Gasteiger partial charge in [0.15, 0.2) is 0 Å². The summed E-state index contributed by atoms with van der Waals surface area (Å²) in [5, 5.41) is 13.5. The largest absolute Gasteiger partial charge is 0.497 e. The molecule has 1 aromatic heterocycles. The summed E-state index contributed by atoms with van der Waals surface area (Å²) in [6.07, 6.45) is 0.504. The van der Waals surface area contributed by atoms with Crippen LogP contribution < -0.4 is 4.74 Å². The molecule has 0 bridgehead atoms. The zero-order valence-corrected chi connectivity index (χ0v) is 11.3. The predicted molar refractivity (Wildman–Crippen MR) is 71.5 cm³/mol. The Morgan fingerprint density at radius 1 is 1.42 bits per heavy atom. The number of aromatic nitrogens is 2. The number of ether oxygens (including phenoxy) is 1. The van der Waals surface area contributed by atoms with Gasteiger partial charge in [0, 0.05) is 0 Å². The van der Waals surface area contributed by atoms with Crippen LogP contribution in [0.25, 0.3) is 5.69 Å². The van der Waals surface area contributed by atoms with E-state index in [1.54, 1.807) is 31.4 Å². The molecule has 0 aliphatic heterocycles. The molecule has 100 valence electrons. The van der Waals surface area contributed by atoms with Gasteiger partial charge in [0.05, 0.1) is 18.5 Å². The number of methoxy groups -OCH3 is 1. The lowest BCUT2D eigenvalue weighted by Gasteiger charge is -2.04. The first-order valence-electron chi connectivity index (χ1n) is 5.73. The van der Waals surface area contributed by atoms with Gasteiger partial charge in [-0.05, 0) is 30.7 Å². The summed E-state index contributed by atoms with van der Waals surface area (Å²) in [4.78, 5) is 11.2. The van der Waals surface area contributed by atoms with Crippen molar-refractivity contribution in [2.75, 3.05) is 7.11 Å². The van der Waals surface area contributed by atoms with E-state index >= 15 is 0 Å². The number of carboxylic acid groups (broad SMARTS) is 1. The summed E-state index contributed by atoms with van der Waals surface area (Å²) in [5.74, 6) is -0.359. The van der Waals surface area contributed by atoms with Gasteiger partial charge in [0.1, 0.15) is 16.5 Å². The maximum absolute atomic E-state index is 11.2. The first kappa shape index (κ1) is 13.4. The van der Waals surface area contributed by atoms with E-state index in [9.17, 15) is 4.79 Å². The monoisotopic (exact) mass is 280 g/mol. The summed E-state index contributed by atoms with van der Waals surface area (Å²) >= 11 is 6.10. The van der Waals surface area contributed by atoms with Gasteiger partial charge in [0.2, 0.25) is 0 Å². The van der Waals surface area contributed by atoms with Crippen molar-refractivity contribution in [3.8, 4) is 11.4 Å². The van der Waals surface area contributed by atoms with Crippen molar-refractivity contribution in [1.29, 1.82) is 0 Å². The van der Waals surface area contributed by atoms with Crippen LogP contribution in [0.5, 0.6) is 5.75 Å². The number of hydrogen-bond acceptors (Lipinski definition) is 3. The molecule has 1 heterocycles. The Hall–Kier alpha value is -2.01.